The molecule has 0 unspecified atom stereocenters. The third-order valence-corrected chi connectivity index (χ3v) is 5.39. The molecule has 0 bridgehead atoms. The second-order valence-electron chi connectivity index (χ2n) is 7.01. The van der Waals surface area contributed by atoms with Crippen LogP contribution in [0.3, 0.4) is 0 Å². The number of nitrogens with zero attached hydrogens (tertiary/aromatic N) is 1. The summed E-state index contributed by atoms with van der Waals surface area (Å²) in [4.78, 5) is 37.7. The normalized spacial score (nSPS) is 14.9. The van der Waals surface area contributed by atoms with Gasteiger partial charge < -0.3 is 19.8 Å². The summed E-state index contributed by atoms with van der Waals surface area (Å²) in [5.41, 5.74) is 2.52. The molecule has 0 saturated carbocycles. The van der Waals surface area contributed by atoms with Crippen molar-refractivity contribution < 1.29 is 29.3 Å². The highest BCUT2D eigenvalue weighted by Crippen LogP contribution is 2.42. The molecule has 28 heavy (non-hydrogen) atoms. The Morgan fingerprint density at radius 3 is 2.50 bits per heavy atom. The van der Waals surface area contributed by atoms with Gasteiger partial charge in [0, 0.05) is 29.9 Å². The number of anilines is 1. The van der Waals surface area contributed by atoms with E-state index < -0.39 is 11.8 Å². The molecule has 144 valence electrons. The molecular formula is C21H19NO6. The number of hydrogen-bond donors (Lipinski definition) is 2. The lowest BCUT2D eigenvalue weighted by molar-refractivity contribution is -0.120. The average Bonchev–Trinajstić information content (AvgIpc) is 2.70. The van der Waals surface area contributed by atoms with Gasteiger partial charge in [0.1, 0.15) is 11.5 Å². The van der Waals surface area contributed by atoms with Gasteiger partial charge in [0.25, 0.3) is 6.47 Å². The number of carboxylic acid groups (broad SMARTS) is 1. The summed E-state index contributed by atoms with van der Waals surface area (Å²) < 4.78 is 4.76. The quantitative estimate of drug-likeness (QED) is 0.606. The van der Waals surface area contributed by atoms with E-state index in [9.17, 15) is 24.6 Å². The van der Waals surface area contributed by atoms with Crippen LogP contribution in [0.25, 0.3) is 0 Å². The highest BCUT2D eigenvalue weighted by Gasteiger charge is 2.30. The fraction of sp³-hybridized carbons (Fsp3) is 0.286. The van der Waals surface area contributed by atoms with Crippen molar-refractivity contribution in [2.24, 2.45) is 0 Å². The number of hydrogen-bond acceptors (Lipinski definition) is 6. The molecule has 0 atom stereocenters. The van der Waals surface area contributed by atoms with E-state index in [4.69, 9.17) is 4.74 Å². The van der Waals surface area contributed by atoms with Gasteiger partial charge in [0.15, 0.2) is 5.78 Å². The minimum absolute atomic E-state index is 0.0633. The van der Waals surface area contributed by atoms with Gasteiger partial charge in [-0.3, -0.25) is 9.59 Å². The van der Waals surface area contributed by atoms with Crippen LogP contribution >= 0.6 is 0 Å². The molecule has 7 nitrogen and oxygen atoms in total. The van der Waals surface area contributed by atoms with Crippen LogP contribution in [0.5, 0.6) is 11.5 Å². The van der Waals surface area contributed by atoms with E-state index in [2.05, 4.69) is 4.90 Å². The maximum atomic E-state index is 13.2. The van der Waals surface area contributed by atoms with E-state index in [0.717, 1.165) is 49.2 Å². The Morgan fingerprint density at radius 1 is 1.04 bits per heavy atom. The maximum absolute atomic E-state index is 13.2. The number of phenols is 1. The molecule has 0 aliphatic carbocycles. The van der Waals surface area contributed by atoms with Crippen LogP contribution in [0.2, 0.25) is 0 Å². The Balaban J connectivity index is 1.86. The second kappa shape index (κ2) is 6.99. The summed E-state index contributed by atoms with van der Waals surface area (Å²) in [6, 6.07) is 5.42. The molecule has 7 heteroatoms. The number of carbonyl (C=O) groups excluding carboxylic acids is 2. The van der Waals surface area contributed by atoms with E-state index in [-0.39, 0.29) is 34.7 Å². The van der Waals surface area contributed by atoms with Gasteiger partial charge >= 0.3 is 5.97 Å². The number of phenolic OH excluding ortho intramolecular Hbond substituents is 1. The standard InChI is InChI=1S/C21H19NO6/c23-11-28-13-5-6-14(21(26)27)16(10-13)20(25)17-9-12-3-1-7-22-8-2-4-15(18(12)22)19(17)24/h5-6,9-11,24H,1-4,7-8H2,(H,26,27). The van der Waals surface area contributed by atoms with Crippen molar-refractivity contribution >= 4 is 23.9 Å². The fourth-order valence-electron chi connectivity index (χ4n) is 4.19. The van der Waals surface area contributed by atoms with E-state index in [1.54, 1.807) is 6.07 Å². The van der Waals surface area contributed by atoms with Crippen LogP contribution in [-0.4, -0.2) is 41.5 Å². The first-order valence-electron chi connectivity index (χ1n) is 9.16. The molecule has 0 saturated heterocycles. The van der Waals surface area contributed by atoms with Crippen LogP contribution in [0, 0.1) is 0 Å². The van der Waals surface area contributed by atoms with E-state index in [1.165, 1.54) is 18.2 Å². The van der Waals surface area contributed by atoms with Gasteiger partial charge in [-0.25, -0.2) is 4.79 Å². The van der Waals surface area contributed by atoms with Crippen molar-refractivity contribution in [1.82, 2.24) is 0 Å². The molecule has 0 aromatic heterocycles. The summed E-state index contributed by atoms with van der Waals surface area (Å²) in [5, 5.41) is 20.3. The van der Waals surface area contributed by atoms with Crippen molar-refractivity contribution in [2.45, 2.75) is 25.7 Å². The summed E-state index contributed by atoms with van der Waals surface area (Å²) in [6.07, 6.45) is 3.33. The Kier molecular flexibility index (Phi) is 4.50. The first-order chi connectivity index (χ1) is 13.5. The van der Waals surface area contributed by atoms with Crippen LogP contribution in [0.1, 0.15) is 50.2 Å². The van der Waals surface area contributed by atoms with E-state index in [0.29, 0.717) is 6.42 Å². The van der Waals surface area contributed by atoms with E-state index >= 15 is 0 Å². The molecule has 2 aromatic carbocycles. The Bertz CT molecular complexity index is 995. The Morgan fingerprint density at radius 2 is 1.79 bits per heavy atom. The number of ether oxygens (including phenoxy) is 1. The number of carbonyl (C=O) groups is 3. The average molecular weight is 381 g/mol. The van der Waals surface area contributed by atoms with Gasteiger partial charge in [0.05, 0.1) is 11.1 Å². The number of rotatable bonds is 5. The van der Waals surface area contributed by atoms with Crippen molar-refractivity contribution in [3.8, 4) is 11.5 Å². The van der Waals surface area contributed by atoms with Gasteiger partial charge in [-0.05, 0) is 55.5 Å². The zero-order chi connectivity index (χ0) is 19.8. The molecular weight excluding hydrogens is 362 g/mol. The zero-order valence-corrected chi connectivity index (χ0v) is 15.1. The number of aromatic hydroxyl groups is 1. The van der Waals surface area contributed by atoms with Crippen LogP contribution < -0.4 is 9.64 Å². The minimum atomic E-state index is -1.27. The molecule has 0 fully saturated rings. The first kappa shape index (κ1) is 18.0. The van der Waals surface area contributed by atoms with Crippen molar-refractivity contribution in [2.75, 3.05) is 18.0 Å². The first-order valence-corrected chi connectivity index (χ1v) is 9.16. The fourth-order valence-corrected chi connectivity index (χ4v) is 4.19. The van der Waals surface area contributed by atoms with Gasteiger partial charge in [0.2, 0.25) is 0 Å². The number of aromatic carboxylic acids is 1. The van der Waals surface area contributed by atoms with Crippen molar-refractivity contribution in [1.29, 1.82) is 0 Å². The zero-order valence-electron chi connectivity index (χ0n) is 15.1. The van der Waals surface area contributed by atoms with E-state index in [1.807, 2.05) is 0 Å². The van der Waals surface area contributed by atoms with Crippen molar-refractivity contribution in [3.05, 3.63) is 52.1 Å². The summed E-state index contributed by atoms with van der Waals surface area (Å²) in [5.74, 6) is -1.90. The molecule has 2 N–H and O–H groups in total. The third-order valence-electron chi connectivity index (χ3n) is 5.39. The summed E-state index contributed by atoms with van der Waals surface area (Å²) in [6.45, 7) is 2.07. The molecule has 0 radical (unpaired) electrons. The number of carboxylic acids is 1. The second-order valence-corrected chi connectivity index (χ2v) is 7.01. The number of ketones is 1. The van der Waals surface area contributed by atoms with Gasteiger partial charge in [-0.1, -0.05) is 0 Å². The molecule has 0 amide bonds. The minimum Gasteiger partial charge on any atom is -0.507 e. The predicted molar refractivity (Wildman–Crippen MR) is 100 cm³/mol. The van der Waals surface area contributed by atoms with Gasteiger partial charge in [-0.2, -0.15) is 0 Å². The predicted octanol–water partition coefficient (Wildman–Crippen LogP) is 2.56. The van der Waals surface area contributed by atoms with Gasteiger partial charge in [-0.15, -0.1) is 0 Å². The molecule has 2 aromatic rings. The molecule has 2 aliphatic heterocycles. The highest BCUT2D eigenvalue weighted by molar-refractivity contribution is 6.16. The highest BCUT2D eigenvalue weighted by atomic mass is 16.5. The molecule has 0 spiro atoms. The largest absolute Gasteiger partial charge is 0.507 e. The monoisotopic (exact) mass is 381 g/mol. The van der Waals surface area contributed by atoms with Crippen LogP contribution in [-0.2, 0) is 17.6 Å². The van der Waals surface area contributed by atoms with Crippen LogP contribution in [0.15, 0.2) is 24.3 Å². The number of aryl methyl sites for hydroxylation is 1. The summed E-state index contributed by atoms with van der Waals surface area (Å²) >= 11 is 0. The Labute approximate surface area is 161 Å². The summed E-state index contributed by atoms with van der Waals surface area (Å²) in [7, 11) is 0. The SMILES string of the molecule is O=COc1ccc(C(=O)O)c(C(=O)c2cc3c4c(c2O)CCCN4CCC3)c1. The lowest BCUT2D eigenvalue weighted by atomic mass is 9.86. The van der Waals surface area contributed by atoms with Crippen LogP contribution in [0.4, 0.5) is 5.69 Å². The smallest absolute Gasteiger partial charge is 0.336 e. The molecule has 2 aliphatic rings. The third kappa shape index (κ3) is 2.89. The lowest BCUT2D eigenvalue weighted by Gasteiger charge is -2.37. The Hall–Kier alpha value is -3.35. The molecule has 4 rings (SSSR count). The topological polar surface area (TPSA) is 104 Å². The number of benzene rings is 2. The maximum Gasteiger partial charge on any atom is 0.336 e. The van der Waals surface area contributed by atoms with Crippen molar-refractivity contribution in [3.63, 3.8) is 0 Å². The lowest BCUT2D eigenvalue weighted by Crippen LogP contribution is -2.34. The molecule has 2 heterocycles.